The second-order valence-corrected chi connectivity index (χ2v) is 7.53. The zero-order valence-corrected chi connectivity index (χ0v) is 17.8. The van der Waals surface area contributed by atoms with E-state index >= 15 is 0 Å². The van der Waals surface area contributed by atoms with Crippen molar-refractivity contribution in [3.05, 3.63) is 119 Å². The quantitative estimate of drug-likeness (QED) is 0.342. The van der Waals surface area contributed by atoms with Gasteiger partial charge in [-0.3, -0.25) is 9.59 Å². The van der Waals surface area contributed by atoms with Crippen molar-refractivity contribution in [2.75, 3.05) is 10.6 Å². The lowest BCUT2D eigenvalue weighted by molar-refractivity contribution is 0.0995. The average molecular weight is 450 g/mol. The zero-order valence-electron chi connectivity index (χ0n) is 17.8. The fourth-order valence-electron chi connectivity index (χ4n) is 3.54. The second-order valence-electron chi connectivity index (χ2n) is 7.53. The molecule has 2 heterocycles. The van der Waals surface area contributed by atoms with E-state index in [0.717, 1.165) is 5.39 Å². The highest BCUT2D eigenvalue weighted by Crippen LogP contribution is 2.22. The van der Waals surface area contributed by atoms with E-state index in [0.29, 0.717) is 33.6 Å². The molecule has 0 aliphatic carbocycles. The minimum atomic E-state index is -0.440. The van der Waals surface area contributed by atoms with Crippen LogP contribution in [-0.4, -0.2) is 11.8 Å². The summed E-state index contributed by atoms with van der Waals surface area (Å²) in [6, 6.07) is 25.7. The predicted octanol–water partition coefficient (Wildman–Crippen LogP) is 5.56. The van der Waals surface area contributed by atoms with Gasteiger partial charge in [-0.25, -0.2) is 4.79 Å². The van der Waals surface area contributed by atoms with Gasteiger partial charge >= 0.3 is 5.63 Å². The third-order valence-corrected chi connectivity index (χ3v) is 5.22. The van der Waals surface area contributed by atoms with E-state index in [-0.39, 0.29) is 17.6 Å². The van der Waals surface area contributed by atoms with Crippen LogP contribution in [0, 0.1) is 0 Å². The van der Waals surface area contributed by atoms with Crippen LogP contribution in [0.2, 0.25) is 0 Å². The number of carbonyl (C=O) groups is 2. The van der Waals surface area contributed by atoms with Gasteiger partial charge in [0.1, 0.15) is 5.58 Å². The van der Waals surface area contributed by atoms with Crippen molar-refractivity contribution in [2.24, 2.45) is 0 Å². The molecule has 0 saturated heterocycles. The first kappa shape index (κ1) is 21.0. The Balaban J connectivity index is 1.31. The zero-order chi connectivity index (χ0) is 23.5. The van der Waals surface area contributed by atoms with Gasteiger partial charge in [-0.15, -0.1) is 0 Å². The van der Waals surface area contributed by atoms with Crippen LogP contribution in [0.25, 0.3) is 22.1 Å². The average Bonchev–Trinajstić information content (AvgIpc) is 3.39. The van der Waals surface area contributed by atoms with Gasteiger partial charge in [0.2, 0.25) is 0 Å². The first-order valence-electron chi connectivity index (χ1n) is 10.5. The van der Waals surface area contributed by atoms with Gasteiger partial charge in [0, 0.05) is 22.3 Å². The van der Waals surface area contributed by atoms with Crippen LogP contribution < -0.4 is 16.3 Å². The van der Waals surface area contributed by atoms with Gasteiger partial charge < -0.3 is 19.5 Å². The van der Waals surface area contributed by atoms with E-state index in [1.54, 1.807) is 78.9 Å². The lowest BCUT2D eigenvalue weighted by Crippen LogP contribution is -2.13. The standard InChI is InChI=1S/C27H18N2O5/c30-25(28-20-6-3-7-21(16-20)29-26(31)24-9-4-14-33-24)18-12-10-17(11-13-18)22-15-19-5-1-2-8-23(19)34-27(22)32/h1-16H,(H,28,30)(H,29,31). The van der Waals surface area contributed by atoms with E-state index in [1.165, 1.54) is 6.26 Å². The third-order valence-electron chi connectivity index (χ3n) is 5.22. The third kappa shape index (κ3) is 4.35. The fraction of sp³-hybridized carbons (Fsp3) is 0. The molecule has 34 heavy (non-hydrogen) atoms. The normalized spacial score (nSPS) is 10.7. The number of amides is 2. The number of hydrogen-bond acceptors (Lipinski definition) is 5. The summed E-state index contributed by atoms with van der Waals surface area (Å²) in [5.41, 5.74) is 2.60. The Labute approximate surface area is 193 Å². The Bertz CT molecular complexity index is 1550. The number of furan rings is 1. The number of carbonyl (C=O) groups excluding carboxylic acids is 2. The first-order valence-corrected chi connectivity index (χ1v) is 10.5. The summed E-state index contributed by atoms with van der Waals surface area (Å²) in [7, 11) is 0. The molecule has 5 rings (SSSR count). The Hall–Kier alpha value is -4.91. The van der Waals surface area contributed by atoms with Gasteiger partial charge in [0.15, 0.2) is 5.76 Å². The summed E-state index contributed by atoms with van der Waals surface area (Å²) in [5, 5.41) is 6.34. The molecule has 0 unspecified atom stereocenters. The maximum absolute atomic E-state index is 12.7. The number of para-hydroxylation sites is 1. The van der Waals surface area contributed by atoms with Crippen molar-refractivity contribution in [1.82, 2.24) is 0 Å². The molecular formula is C27H18N2O5. The van der Waals surface area contributed by atoms with Crippen molar-refractivity contribution < 1.29 is 18.4 Å². The Morgan fingerprint density at radius 1 is 0.706 bits per heavy atom. The second kappa shape index (κ2) is 8.91. The topological polar surface area (TPSA) is 102 Å². The monoisotopic (exact) mass is 450 g/mol. The van der Waals surface area contributed by atoms with Crippen LogP contribution in [0.15, 0.2) is 111 Å². The first-order chi connectivity index (χ1) is 16.6. The highest BCUT2D eigenvalue weighted by Gasteiger charge is 2.12. The molecule has 0 atom stereocenters. The molecule has 2 aromatic heterocycles. The van der Waals surface area contributed by atoms with Crippen LogP contribution in [0.4, 0.5) is 11.4 Å². The largest absolute Gasteiger partial charge is 0.459 e. The summed E-state index contributed by atoms with van der Waals surface area (Å²) >= 11 is 0. The van der Waals surface area contributed by atoms with Crippen molar-refractivity contribution >= 4 is 34.2 Å². The van der Waals surface area contributed by atoms with E-state index in [9.17, 15) is 14.4 Å². The molecule has 0 saturated carbocycles. The van der Waals surface area contributed by atoms with Crippen LogP contribution >= 0.6 is 0 Å². The van der Waals surface area contributed by atoms with Crippen LogP contribution in [-0.2, 0) is 0 Å². The number of nitrogens with one attached hydrogen (secondary N) is 2. The summed E-state index contributed by atoms with van der Waals surface area (Å²) < 4.78 is 10.5. The Kier molecular flexibility index (Phi) is 5.50. The fourth-order valence-corrected chi connectivity index (χ4v) is 3.54. The maximum atomic E-state index is 12.7. The molecule has 0 fully saturated rings. The van der Waals surface area contributed by atoms with Crippen molar-refractivity contribution in [3.63, 3.8) is 0 Å². The minimum Gasteiger partial charge on any atom is -0.459 e. The lowest BCUT2D eigenvalue weighted by Gasteiger charge is -2.09. The van der Waals surface area contributed by atoms with Crippen molar-refractivity contribution in [3.8, 4) is 11.1 Å². The molecule has 0 aliphatic rings. The van der Waals surface area contributed by atoms with Crippen LogP contribution in [0.3, 0.4) is 0 Å². The molecular weight excluding hydrogens is 432 g/mol. The summed E-state index contributed by atoms with van der Waals surface area (Å²) in [4.78, 5) is 37.3. The molecule has 7 heteroatoms. The maximum Gasteiger partial charge on any atom is 0.344 e. The smallest absolute Gasteiger partial charge is 0.344 e. The van der Waals surface area contributed by atoms with Gasteiger partial charge in [0.05, 0.1) is 11.8 Å². The number of hydrogen-bond donors (Lipinski definition) is 2. The number of rotatable bonds is 5. The van der Waals surface area contributed by atoms with Crippen LogP contribution in [0.1, 0.15) is 20.9 Å². The Morgan fingerprint density at radius 2 is 1.44 bits per heavy atom. The van der Waals surface area contributed by atoms with E-state index in [2.05, 4.69) is 10.6 Å². The number of benzene rings is 3. The minimum absolute atomic E-state index is 0.190. The predicted molar refractivity (Wildman–Crippen MR) is 129 cm³/mol. The summed E-state index contributed by atoms with van der Waals surface area (Å²) in [5.74, 6) is -0.524. The molecule has 2 amide bonds. The molecule has 0 spiro atoms. The van der Waals surface area contributed by atoms with E-state index in [4.69, 9.17) is 8.83 Å². The molecule has 7 nitrogen and oxygen atoms in total. The lowest BCUT2D eigenvalue weighted by atomic mass is 10.0. The van der Waals surface area contributed by atoms with Gasteiger partial charge in [-0.05, 0) is 60.2 Å². The summed E-state index contributed by atoms with van der Waals surface area (Å²) in [6.45, 7) is 0. The molecule has 5 aromatic rings. The van der Waals surface area contributed by atoms with Gasteiger partial charge in [-0.1, -0.05) is 36.4 Å². The summed E-state index contributed by atoms with van der Waals surface area (Å²) in [6.07, 6.45) is 1.42. The number of anilines is 2. The van der Waals surface area contributed by atoms with Crippen LogP contribution in [0.5, 0.6) is 0 Å². The number of fused-ring (bicyclic) bond motifs is 1. The van der Waals surface area contributed by atoms with Crippen molar-refractivity contribution in [2.45, 2.75) is 0 Å². The van der Waals surface area contributed by atoms with E-state index in [1.807, 2.05) is 12.1 Å². The molecule has 0 bridgehead atoms. The van der Waals surface area contributed by atoms with Gasteiger partial charge in [0.25, 0.3) is 11.8 Å². The molecule has 3 aromatic carbocycles. The highest BCUT2D eigenvalue weighted by atomic mass is 16.4. The molecule has 2 N–H and O–H groups in total. The molecule has 0 aliphatic heterocycles. The SMILES string of the molecule is O=C(Nc1cccc(NC(=O)c2ccco2)c1)c1ccc(-c2cc3ccccc3oc2=O)cc1. The van der Waals surface area contributed by atoms with E-state index < -0.39 is 5.63 Å². The molecule has 166 valence electrons. The highest BCUT2D eigenvalue weighted by molar-refractivity contribution is 6.06. The Morgan fingerprint density at radius 3 is 2.18 bits per heavy atom. The van der Waals surface area contributed by atoms with Crippen molar-refractivity contribution in [1.29, 1.82) is 0 Å². The molecule has 0 radical (unpaired) electrons. The van der Waals surface area contributed by atoms with Gasteiger partial charge in [-0.2, -0.15) is 0 Å².